The van der Waals surface area contributed by atoms with Gasteiger partial charge in [0, 0.05) is 18.5 Å². The maximum atomic E-state index is 12.3. The lowest BCUT2D eigenvalue weighted by atomic mass is 10.2. The predicted molar refractivity (Wildman–Crippen MR) is 108 cm³/mol. The van der Waals surface area contributed by atoms with Gasteiger partial charge in [0.15, 0.2) is 11.5 Å². The molecule has 0 saturated heterocycles. The molecule has 0 unspecified atom stereocenters. The van der Waals surface area contributed by atoms with Crippen LogP contribution in [0.25, 0.3) is 0 Å². The van der Waals surface area contributed by atoms with Gasteiger partial charge in [0.05, 0.1) is 26.5 Å². The van der Waals surface area contributed by atoms with Crippen LogP contribution in [0.1, 0.15) is 31.0 Å². The zero-order chi connectivity index (χ0) is 20.5. The van der Waals surface area contributed by atoms with E-state index in [0.717, 1.165) is 17.1 Å². The number of nitrogens with zero attached hydrogens (tertiary/aromatic N) is 2. The van der Waals surface area contributed by atoms with E-state index in [1.54, 1.807) is 19.1 Å². The van der Waals surface area contributed by atoms with Gasteiger partial charge in [-0.25, -0.2) is 4.98 Å². The molecule has 0 saturated carbocycles. The van der Waals surface area contributed by atoms with Crippen LogP contribution < -0.4 is 14.2 Å². The zero-order valence-electron chi connectivity index (χ0n) is 17.1. The highest BCUT2D eigenvalue weighted by Crippen LogP contribution is 2.37. The highest BCUT2D eigenvalue weighted by Gasteiger charge is 2.20. The van der Waals surface area contributed by atoms with Gasteiger partial charge in [0.1, 0.15) is 18.2 Å². The summed E-state index contributed by atoms with van der Waals surface area (Å²) in [5, 5.41) is 2.76. The molecule has 1 heterocycles. The minimum Gasteiger partial charge on any atom is -0.493 e. The van der Waals surface area contributed by atoms with E-state index in [4.69, 9.17) is 18.9 Å². The number of hydrogen-bond donors (Lipinski definition) is 0. The molecule has 154 valence electrons. The van der Waals surface area contributed by atoms with Crippen molar-refractivity contribution in [3.8, 4) is 17.2 Å². The first-order valence-corrected chi connectivity index (χ1v) is 9.97. The van der Waals surface area contributed by atoms with Crippen molar-refractivity contribution in [2.75, 3.05) is 27.9 Å². The molecule has 0 aliphatic heterocycles. The molecule has 0 aliphatic carbocycles. The van der Waals surface area contributed by atoms with Crippen LogP contribution in [0.4, 0.5) is 0 Å². The lowest BCUT2D eigenvalue weighted by Crippen LogP contribution is -2.39. The summed E-state index contributed by atoms with van der Waals surface area (Å²) in [4.78, 5) is 18.7. The Balaban J connectivity index is 2.07. The van der Waals surface area contributed by atoms with Crippen LogP contribution in [0.2, 0.25) is 0 Å². The summed E-state index contributed by atoms with van der Waals surface area (Å²) in [6.07, 6.45) is 0.864. The normalized spacial score (nSPS) is 11.8. The monoisotopic (exact) mass is 408 g/mol. The molecule has 1 aromatic heterocycles. The van der Waals surface area contributed by atoms with E-state index in [9.17, 15) is 4.79 Å². The van der Waals surface area contributed by atoms with Gasteiger partial charge in [-0.1, -0.05) is 13.0 Å². The van der Waals surface area contributed by atoms with Gasteiger partial charge in [0.25, 0.3) is 0 Å². The largest absolute Gasteiger partial charge is 0.493 e. The average molecular weight is 409 g/mol. The molecule has 0 aliphatic rings. The Kier molecular flexibility index (Phi) is 8.53. The van der Waals surface area contributed by atoms with Crippen LogP contribution in [-0.4, -0.2) is 49.8 Å². The molecule has 1 atom stereocenters. The van der Waals surface area contributed by atoms with Crippen LogP contribution in [0.5, 0.6) is 17.2 Å². The van der Waals surface area contributed by atoms with Crippen LogP contribution >= 0.6 is 11.3 Å². The SMILES string of the molecule is CC[C@@H](C)N(Cc1csc(COc2c(OC)cccc2OC)n1)C(=O)COC. The summed E-state index contributed by atoms with van der Waals surface area (Å²) in [6, 6.07) is 5.58. The quantitative estimate of drug-likeness (QED) is 0.567. The van der Waals surface area contributed by atoms with Crippen molar-refractivity contribution in [1.82, 2.24) is 9.88 Å². The average Bonchev–Trinajstić information content (AvgIpc) is 3.17. The maximum Gasteiger partial charge on any atom is 0.249 e. The molecule has 28 heavy (non-hydrogen) atoms. The second-order valence-electron chi connectivity index (χ2n) is 6.22. The van der Waals surface area contributed by atoms with E-state index < -0.39 is 0 Å². The number of aromatic nitrogens is 1. The van der Waals surface area contributed by atoms with Crippen molar-refractivity contribution < 1.29 is 23.7 Å². The number of ether oxygens (including phenoxy) is 4. The third-order valence-electron chi connectivity index (χ3n) is 4.37. The Morgan fingerprint density at radius 1 is 1.21 bits per heavy atom. The summed E-state index contributed by atoms with van der Waals surface area (Å²) in [5.41, 5.74) is 0.834. The first-order valence-electron chi connectivity index (χ1n) is 9.09. The van der Waals surface area contributed by atoms with Gasteiger partial charge >= 0.3 is 0 Å². The molecule has 1 amide bonds. The number of methoxy groups -OCH3 is 3. The van der Waals surface area contributed by atoms with E-state index >= 15 is 0 Å². The van der Waals surface area contributed by atoms with Crippen molar-refractivity contribution in [3.05, 3.63) is 34.3 Å². The fourth-order valence-corrected chi connectivity index (χ4v) is 3.37. The first-order chi connectivity index (χ1) is 13.5. The van der Waals surface area contributed by atoms with Gasteiger partial charge in [-0.2, -0.15) is 0 Å². The Morgan fingerprint density at radius 3 is 2.46 bits per heavy atom. The van der Waals surface area contributed by atoms with E-state index in [0.29, 0.717) is 23.8 Å². The number of rotatable bonds is 11. The third-order valence-corrected chi connectivity index (χ3v) is 5.24. The Hall–Kier alpha value is -2.32. The van der Waals surface area contributed by atoms with Crippen LogP contribution in [0, 0.1) is 0 Å². The van der Waals surface area contributed by atoms with E-state index in [-0.39, 0.29) is 25.2 Å². The fourth-order valence-electron chi connectivity index (χ4n) is 2.67. The number of thiazole rings is 1. The Labute approximate surface area is 170 Å². The van der Waals surface area contributed by atoms with Crippen molar-refractivity contribution in [2.45, 2.75) is 39.5 Å². The molecule has 0 spiro atoms. The third kappa shape index (κ3) is 5.59. The molecule has 8 heteroatoms. The van der Waals surface area contributed by atoms with Crippen LogP contribution in [0.15, 0.2) is 23.6 Å². The lowest BCUT2D eigenvalue weighted by molar-refractivity contribution is -0.138. The highest BCUT2D eigenvalue weighted by molar-refractivity contribution is 7.09. The van der Waals surface area contributed by atoms with Crippen molar-refractivity contribution in [2.24, 2.45) is 0 Å². The van der Waals surface area contributed by atoms with Gasteiger partial charge in [-0.05, 0) is 25.5 Å². The molecule has 0 bridgehead atoms. The molecule has 7 nitrogen and oxygen atoms in total. The number of carbonyl (C=O) groups excluding carboxylic acids is 1. The van der Waals surface area contributed by atoms with Crippen LogP contribution in [0.3, 0.4) is 0 Å². The molecular formula is C20H28N2O5S. The zero-order valence-corrected chi connectivity index (χ0v) is 17.9. The number of para-hydroxylation sites is 1. The van der Waals surface area contributed by atoms with Gasteiger partial charge in [-0.3, -0.25) is 4.79 Å². The van der Waals surface area contributed by atoms with Crippen molar-refractivity contribution >= 4 is 17.2 Å². The Morgan fingerprint density at radius 2 is 1.89 bits per heavy atom. The summed E-state index contributed by atoms with van der Waals surface area (Å²) in [7, 11) is 4.70. The fraction of sp³-hybridized carbons (Fsp3) is 0.500. The standard InChI is InChI=1S/C20H28N2O5S/c1-6-14(2)22(19(23)12-24-3)10-15-13-28-18(21-15)11-27-20-16(25-4)8-7-9-17(20)26-5/h7-9,13-14H,6,10-12H2,1-5H3/t14-/m1/s1. The maximum absolute atomic E-state index is 12.3. The van der Waals surface area contributed by atoms with E-state index in [1.165, 1.54) is 18.4 Å². The van der Waals surface area contributed by atoms with Gasteiger partial charge in [-0.15, -0.1) is 11.3 Å². The molecule has 1 aromatic carbocycles. The minimum absolute atomic E-state index is 0.0404. The smallest absolute Gasteiger partial charge is 0.249 e. The van der Waals surface area contributed by atoms with Crippen molar-refractivity contribution in [1.29, 1.82) is 0 Å². The lowest BCUT2D eigenvalue weighted by Gasteiger charge is -2.27. The van der Waals surface area contributed by atoms with Crippen molar-refractivity contribution in [3.63, 3.8) is 0 Å². The molecule has 0 fully saturated rings. The second-order valence-corrected chi connectivity index (χ2v) is 7.17. The predicted octanol–water partition coefficient (Wildman–Crippen LogP) is 3.51. The topological polar surface area (TPSA) is 70.1 Å². The van der Waals surface area contributed by atoms with Gasteiger partial charge < -0.3 is 23.8 Å². The first kappa shape index (κ1) is 22.0. The molecule has 2 rings (SSSR count). The number of hydrogen-bond acceptors (Lipinski definition) is 7. The molecule has 2 aromatic rings. The second kappa shape index (κ2) is 10.9. The Bertz CT molecular complexity index is 743. The highest BCUT2D eigenvalue weighted by atomic mass is 32.1. The summed E-state index contributed by atoms with van der Waals surface area (Å²) in [6.45, 7) is 4.89. The van der Waals surface area contributed by atoms with E-state index in [2.05, 4.69) is 11.9 Å². The summed E-state index contributed by atoms with van der Waals surface area (Å²) >= 11 is 1.50. The number of amides is 1. The number of carbonyl (C=O) groups is 1. The minimum atomic E-state index is -0.0404. The van der Waals surface area contributed by atoms with Gasteiger partial charge in [0.2, 0.25) is 11.7 Å². The summed E-state index contributed by atoms with van der Waals surface area (Å²) < 4.78 is 21.6. The molecular weight excluding hydrogens is 380 g/mol. The van der Waals surface area contributed by atoms with Crippen LogP contribution in [-0.2, 0) is 22.7 Å². The summed E-state index contributed by atoms with van der Waals surface area (Å²) in [5.74, 6) is 1.70. The number of benzene rings is 1. The molecule has 0 N–H and O–H groups in total. The van der Waals surface area contributed by atoms with E-state index in [1.807, 2.05) is 30.5 Å². The molecule has 0 radical (unpaired) electrons.